The quantitative estimate of drug-likeness (QED) is 0.705. The first-order valence-electron chi connectivity index (χ1n) is 6.75. The van der Waals surface area contributed by atoms with Crippen molar-refractivity contribution >= 4 is 22.1 Å². The molecular weight excluding hydrogens is 273 g/mol. The minimum atomic E-state index is -0.239. The maximum absolute atomic E-state index is 14.0. The van der Waals surface area contributed by atoms with Crippen molar-refractivity contribution in [3.8, 4) is 11.3 Å². The van der Waals surface area contributed by atoms with Gasteiger partial charge in [0, 0.05) is 23.7 Å². The van der Waals surface area contributed by atoms with E-state index < -0.39 is 0 Å². The van der Waals surface area contributed by atoms with Gasteiger partial charge in [-0.1, -0.05) is 25.5 Å². The molecule has 1 N–H and O–H groups in total. The molecule has 0 unspecified atom stereocenters. The molecule has 0 spiro atoms. The Bertz CT molecular complexity index is 717. The molecule has 0 amide bonds. The van der Waals surface area contributed by atoms with E-state index in [2.05, 4.69) is 17.2 Å². The molecule has 20 heavy (non-hydrogen) atoms. The predicted molar refractivity (Wildman–Crippen MR) is 81.9 cm³/mol. The van der Waals surface area contributed by atoms with Crippen LogP contribution < -0.4 is 5.32 Å². The maximum Gasteiger partial charge on any atom is 0.195 e. The van der Waals surface area contributed by atoms with Crippen molar-refractivity contribution in [2.75, 3.05) is 11.9 Å². The van der Waals surface area contributed by atoms with Crippen LogP contribution in [-0.2, 0) is 0 Å². The molecule has 104 valence electrons. The normalized spacial score (nSPS) is 11.1. The molecule has 0 atom stereocenters. The SMILES string of the molecule is CCCCNc1c(-c2ccccc2F)nc2sccn12. The second-order valence-corrected chi connectivity index (χ2v) is 5.50. The number of aromatic nitrogens is 2. The predicted octanol–water partition coefficient (Wildman–Crippen LogP) is 4.41. The van der Waals surface area contributed by atoms with Crippen molar-refractivity contribution in [3.63, 3.8) is 0 Å². The third-order valence-electron chi connectivity index (χ3n) is 3.21. The number of nitrogens with zero attached hydrogens (tertiary/aromatic N) is 2. The number of benzene rings is 1. The molecular formula is C15H16FN3S. The molecule has 0 fully saturated rings. The standard InChI is InChI=1S/C15H16FN3S/c1-2-3-8-17-14-13(11-6-4-5-7-12(11)16)18-15-19(14)9-10-20-15/h4-7,9-10,17H,2-3,8H2,1H3. The highest BCUT2D eigenvalue weighted by atomic mass is 32.1. The number of hydrogen-bond donors (Lipinski definition) is 1. The fraction of sp³-hybridized carbons (Fsp3) is 0.267. The molecule has 0 aliphatic rings. The highest BCUT2D eigenvalue weighted by Gasteiger charge is 2.17. The largest absolute Gasteiger partial charge is 0.369 e. The van der Waals surface area contributed by atoms with Gasteiger partial charge in [0.15, 0.2) is 4.96 Å². The van der Waals surface area contributed by atoms with E-state index in [1.54, 1.807) is 23.5 Å². The van der Waals surface area contributed by atoms with E-state index in [9.17, 15) is 4.39 Å². The second-order valence-electron chi connectivity index (χ2n) is 4.62. The number of unbranched alkanes of at least 4 members (excludes halogenated alkanes) is 1. The zero-order chi connectivity index (χ0) is 13.9. The third kappa shape index (κ3) is 2.29. The molecule has 0 aliphatic heterocycles. The summed E-state index contributed by atoms with van der Waals surface area (Å²) in [6.07, 6.45) is 4.16. The molecule has 3 rings (SSSR count). The summed E-state index contributed by atoms with van der Waals surface area (Å²) < 4.78 is 16.0. The average Bonchev–Trinajstić information content (AvgIpc) is 3.02. The first-order valence-corrected chi connectivity index (χ1v) is 7.63. The molecule has 0 saturated carbocycles. The Labute approximate surface area is 121 Å². The van der Waals surface area contributed by atoms with E-state index in [1.165, 1.54) is 6.07 Å². The van der Waals surface area contributed by atoms with E-state index >= 15 is 0 Å². The summed E-state index contributed by atoms with van der Waals surface area (Å²) in [5.41, 5.74) is 1.23. The highest BCUT2D eigenvalue weighted by molar-refractivity contribution is 7.15. The maximum atomic E-state index is 14.0. The molecule has 3 aromatic rings. The lowest BCUT2D eigenvalue weighted by Crippen LogP contribution is -2.04. The minimum Gasteiger partial charge on any atom is -0.369 e. The van der Waals surface area contributed by atoms with Crippen LogP contribution in [0.2, 0.25) is 0 Å². The summed E-state index contributed by atoms with van der Waals surface area (Å²) in [5.74, 6) is 0.636. The number of imidazole rings is 1. The number of rotatable bonds is 5. The fourth-order valence-corrected chi connectivity index (χ4v) is 2.89. The molecule has 0 saturated heterocycles. The Kier molecular flexibility index (Phi) is 3.69. The van der Waals surface area contributed by atoms with E-state index in [0.29, 0.717) is 11.3 Å². The van der Waals surface area contributed by atoms with Crippen LogP contribution in [0.4, 0.5) is 10.2 Å². The molecule has 2 aromatic heterocycles. The van der Waals surface area contributed by atoms with E-state index in [1.807, 2.05) is 22.0 Å². The van der Waals surface area contributed by atoms with Gasteiger partial charge in [-0.3, -0.25) is 4.40 Å². The van der Waals surface area contributed by atoms with Crippen molar-refractivity contribution in [1.82, 2.24) is 9.38 Å². The molecule has 0 bridgehead atoms. The highest BCUT2D eigenvalue weighted by Crippen LogP contribution is 2.32. The third-order valence-corrected chi connectivity index (χ3v) is 3.97. The second kappa shape index (κ2) is 5.63. The zero-order valence-corrected chi connectivity index (χ0v) is 12.1. The van der Waals surface area contributed by atoms with Crippen LogP contribution >= 0.6 is 11.3 Å². The van der Waals surface area contributed by atoms with Gasteiger partial charge in [0.1, 0.15) is 17.3 Å². The van der Waals surface area contributed by atoms with Crippen molar-refractivity contribution in [3.05, 3.63) is 41.7 Å². The molecule has 5 heteroatoms. The lowest BCUT2D eigenvalue weighted by atomic mass is 10.1. The first kappa shape index (κ1) is 13.1. The monoisotopic (exact) mass is 289 g/mol. The molecule has 0 aliphatic carbocycles. The Hall–Kier alpha value is -1.88. The van der Waals surface area contributed by atoms with E-state index in [0.717, 1.165) is 30.2 Å². The number of halogens is 1. The van der Waals surface area contributed by atoms with Crippen LogP contribution in [0.15, 0.2) is 35.8 Å². The van der Waals surface area contributed by atoms with Crippen LogP contribution in [0.5, 0.6) is 0 Å². The van der Waals surface area contributed by atoms with E-state index in [-0.39, 0.29) is 5.82 Å². The van der Waals surface area contributed by atoms with Crippen molar-refractivity contribution in [2.24, 2.45) is 0 Å². The lowest BCUT2D eigenvalue weighted by Gasteiger charge is -2.08. The van der Waals surface area contributed by atoms with Crippen LogP contribution in [0.1, 0.15) is 19.8 Å². The summed E-state index contributed by atoms with van der Waals surface area (Å²) in [5, 5.41) is 5.37. The van der Waals surface area contributed by atoms with Crippen molar-refractivity contribution in [2.45, 2.75) is 19.8 Å². The minimum absolute atomic E-state index is 0.239. The Morgan fingerprint density at radius 2 is 2.20 bits per heavy atom. The van der Waals surface area contributed by atoms with Gasteiger partial charge in [0.25, 0.3) is 0 Å². The average molecular weight is 289 g/mol. The van der Waals surface area contributed by atoms with Gasteiger partial charge in [-0.25, -0.2) is 9.37 Å². The Morgan fingerprint density at radius 1 is 1.35 bits per heavy atom. The number of anilines is 1. The molecule has 1 aromatic carbocycles. The first-order chi connectivity index (χ1) is 9.81. The fourth-order valence-electron chi connectivity index (χ4n) is 2.18. The van der Waals surface area contributed by atoms with Crippen molar-refractivity contribution in [1.29, 1.82) is 0 Å². The van der Waals surface area contributed by atoms with Crippen molar-refractivity contribution < 1.29 is 4.39 Å². The van der Waals surface area contributed by atoms with E-state index in [4.69, 9.17) is 0 Å². The van der Waals surface area contributed by atoms with Gasteiger partial charge in [0.05, 0.1) is 0 Å². The summed E-state index contributed by atoms with van der Waals surface area (Å²) in [6.45, 7) is 3.01. The Morgan fingerprint density at radius 3 is 3.00 bits per heavy atom. The number of thiazole rings is 1. The van der Waals surface area contributed by atoms with Gasteiger partial charge in [0.2, 0.25) is 0 Å². The smallest absolute Gasteiger partial charge is 0.195 e. The van der Waals surface area contributed by atoms with Gasteiger partial charge in [-0.2, -0.15) is 0 Å². The van der Waals surface area contributed by atoms with Crippen LogP contribution in [-0.4, -0.2) is 15.9 Å². The van der Waals surface area contributed by atoms with Crippen LogP contribution in [0.25, 0.3) is 16.2 Å². The van der Waals surface area contributed by atoms with Gasteiger partial charge < -0.3 is 5.32 Å². The zero-order valence-electron chi connectivity index (χ0n) is 11.3. The summed E-state index contributed by atoms with van der Waals surface area (Å²) in [7, 11) is 0. The number of hydrogen-bond acceptors (Lipinski definition) is 3. The lowest BCUT2D eigenvalue weighted by molar-refractivity contribution is 0.631. The number of fused-ring (bicyclic) bond motifs is 1. The topological polar surface area (TPSA) is 29.3 Å². The Balaban J connectivity index is 2.07. The van der Waals surface area contributed by atoms with Gasteiger partial charge in [-0.15, -0.1) is 11.3 Å². The molecule has 2 heterocycles. The number of nitrogens with one attached hydrogen (secondary N) is 1. The van der Waals surface area contributed by atoms with Gasteiger partial charge >= 0.3 is 0 Å². The summed E-state index contributed by atoms with van der Waals surface area (Å²) in [4.78, 5) is 5.44. The summed E-state index contributed by atoms with van der Waals surface area (Å²) >= 11 is 1.55. The van der Waals surface area contributed by atoms with Crippen LogP contribution in [0.3, 0.4) is 0 Å². The molecule has 3 nitrogen and oxygen atoms in total. The molecule has 0 radical (unpaired) electrons. The van der Waals surface area contributed by atoms with Gasteiger partial charge in [-0.05, 0) is 18.6 Å². The van der Waals surface area contributed by atoms with Crippen LogP contribution in [0, 0.1) is 5.82 Å². The summed E-state index contributed by atoms with van der Waals surface area (Å²) in [6, 6.07) is 6.77.